The fourth-order valence-corrected chi connectivity index (χ4v) is 8.37. The molecular formula is C23H27N8O7S4+. The summed E-state index contributed by atoms with van der Waals surface area (Å²) >= 11 is 4.71. The van der Waals surface area contributed by atoms with Crippen LogP contribution in [0.15, 0.2) is 25.5 Å². The Kier molecular flexibility index (Phi) is 8.23. The van der Waals surface area contributed by atoms with E-state index >= 15 is 0 Å². The van der Waals surface area contributed by atoms with Crippen LogP contribution in [0.2, 0.25) is 0 Å². The Morgan fingerprint density at radius 2 is 1.98 bits per heavy atom. The molecule has 3 aliphatic rings. The van der Waals surface area contributed by atoms with E-state index < -0.39 is 40.8 Å². The average Bonchev–Trinajstić information content (AvgIpc) is 3.69. The highest BCUT2D eigenvalue weighted by Crippen LogP contribution is 2.46. The van der Waals surface area contributed by atoms with Crippen molar-refractivity contribution in [1.29, 1.82) is 0 Å². The van der Waals surface area contributed by atoms with Crippen LogP contribution in [-0.2, 0) is 24.0 Å². The molecule has 224 valence electrons. The number of nitrogens with zero attached hydrogens (tertiary/aromatic N) is 6. The van der Waals surface area contributed by atoms with Crippen LogP contribution in [0, 0.1) is 0 Å². The highest BCUT2D eigenvalue weighted by Gasteiger charge is 2.55. The fraction of sp³-hybridized carbons (Fsp3) is 0.478. The zero-order valence-corrected chi connectivity index (χ0v) is 25.9. The number of thioether (sulfide) groups is 2. The number of carboxylic acids is 2. The zero-order valence-electron chi connectivity index (χ0n) is 22.6. The van der Waals surface area contributed by atoms with Crippen molar-refractivity contribution < 1.29 is 34.2 Å². The highest BCUT2D eigenvalue weighted by molar-refractivity contribution is 8.07. The lowest BCUT2D eigenvalue weighted by Gasteiger charge is -2.49. The van der Waals surface area contributed by atoms with Gasteiger partial charge in [-0.1, -0.05) is 16.9 Å². The fourth-order valence-electron chi connectivity index (χ4n) is 4.48. The summed E-state index contributed by atoms with van der Waals surface area (Å²) in [6, 6.07) is -1.06. The summed E-state index contributed by atoms with van der Waals surface area (Å²) in [5.41, 5.74) is 3.43. The molecule has 15 nitrogen and oxygen atoms in total. The molecular weight excluding hydrogens is 629 g/mol. The SMILES string of the molecule is CC(C)(O/N=C(/C(=O)N[C@@H]1C(=O)N2C(C(=O)O)=C(Sc3nc([N+]4(C)CCCC4)ns3)CSC12)c1csc(N)n1)C(=O)O. The minimum atomic E-state index is -1.76. The van der Waals surface area contributed by atoms with E-state index in [1.807, 2.05) is 0 Å². The average molecular weight is 656 g/mol. The predicted octanol–water partition coefficient (Wildman–Crippen LogP) is 1.38. The van der Waals surface area contributed by atoms with Crippen LogP contribution < -0.4 is 15.5 Å². The molecule has 0 bridgehead atoms. The standard InChI is InChI=1S/C23H26N8O7S4/c1-23(2,19(36)37)38-28-12(10-8-40-20(24)25-10)15(32)26-13-16(33)30-14(18(34)35)11(9-39-17(13)30)41-22-27-21(29-42-22)31(3)6-4-5-7-31/h8,13,17H,4-7,9H2,1-3H3,(H4-,24,25,26,32,34,35,36,37)/p+1/b28-12+/t13-,17?/m1/s1. The number of anilines is 1. The maximum absolute atomic E-state index is 13.2. The molecule has 0 aliphatic carbocycles. The van der Waals surface area contributed by atoms with E-state index in [0.717, 1.165) is 42.2 Å². The number of likely N-dealkylation sites (tertiary alicyclic amines) is 1. The van der Waals surface area contributed by atoms with Gasteiger partial charge in [-0.05, 0) is 25.4 Å². The highest BCUT2D eigenvalue weighted by atomic mass is 32.2. The molecule has 2 aromatic heterocycles. The lowest BCUT2D eigenvalue weighted by atomic mass is 10.0. The number of β-lactam (4-membered cyclic amide) rings is 1. The van der Waals surface area contributed by atoms with Gasteiger partial charge >= 0.3 is 17.9 Å². The summed E-state index contributed by atoms with van der Waals surface area (Å²) in [4.78, 5) is 65.6. The lowest BCUT2D eigenvalue weighted by Crippen LogP contribution is -2.71. The summed E-state index contributed by atoms with van der Waals surface area (Å²) in [6.45, 7) is 4.40. The van der Waals surface area contributed by atoms with Crippen molar-refractivity contribution in [1.82, 2.24) is 29.0 Å². The smallest absolute Gasteiger partial charge is 0.353 e. The number of quaternary nitrogens is 1. The molecule has 42 heavy (non-hydrogen) atoms. The number of fused-ring (bicyclic) bond motifs is 1. The van der Waals surface area contributed by atoms with Gasteiger partial charge in [0.15, 0.2) is 15.2 Å². The molecule has 2 fully saturated rings. The third-order valence-electron chi connectivity index (χ3n) is 6.93. The molecule has 0 radical (unpaired) electrons. The van der Waals surface area contributed by atoms with Gasteiger partial charge in [0.25, 0.3) is 11.8 Å². The number of carbonyl (C=O) groups excluding carboxylic acids is 2. The molecule has 19 heteroatoms. The van der Waals surface area contributed by atoms with Gasteiger partial charge in [-0.2, -0.15) is 4.98 Å². The van der Waals surface area contributed by atoms with E-state index in [1.165, 1.54) is 54.3 Å². The van der Waals surface area contributed by atoms with Crippen molar-refractivity contribution in [3.63, 3.8) is 0 Å². The Morgan fingerprint density at radius 3 is 2.60 bits per heavy atom. The number of rotatable bonds is 10. The van der Waals surface area contributed by atoms with E-state index in [1.54, 1.807) is 0 Å². The van der Waals surface area contributed by atoms with E-state index in [2.05, 4.69) is 31.9 Å². The zero-order chi connectivity index (χ0) is 30.4. The van der Waals surface area contributed by atoms with Crippen LogP contribution in [0.5, 0.6) is 0 Å². The van der Waals surface area contributed by atoms with E-state index in [-0.39, 0.29) is 28.0 Å². The summed E-state index contributed by atoms with van der Waals surface area (Å²) in [6.07, 6.45) is 2.19. The van der Waals surface area contributed by atoms with E-state index in [4.69, 9.17) is 10.6 Å². The van der Waals surface area contributed by atoms with Crippen molar-refractivity contribution in [2.45, 2.75) is 48.0 Å². The first kappa shape index (κ1) is 30.2. The molecule has 2 atom stereocenters. The molecule has 0 spiro atoms. The monoisotopic (exact) mass is 655 g/mol. The number of oxime groups is 1. The van der Waals surface area contributed by atoms with Crippen LogP contribution in [-0.4, -0.2) is 102 Å². The third kappa shape index (κ3) is 5.70. The lowest BCUT2D eigenvalue weighted by molar-refractivity contribution is -0.161. The number of nitrogens with one attached hydrogen (secondary N) is 1. The molecule has 3 aliphatic heterocycles. The van der Waals surface area contributed by atoms with Crippen LogP contribution >= 0.6 is 46.4 Å². The van der Waals surface area contributed by atoms with Gasteiger partial charge in [-0.15, -0.1) is 27.5 Å². The first-order valence-electron chi connectivity index (χ1n) is 12.6. The number of hydrogen-bond acceptors (Lipinski definition) is 14. The summed E-state index contributed by atoms with van der Waals surface area (Å²) in [5.74, 6) is -3.09. The Labute approximate surface area is 255 Å². The van der Waals surface area contributed by atoms with Gasteiger partial charge in [0.2, 0.25) is 5.60 Å². The van der Waals surface area contributed by atoms with Gasteiger partial charge in [0.1, 0.15) is 22.8 Å². The predicted molar refractivity (Wildman–Crippen MR) is 158 cm³/mol. The molecule has 2 aromatic rings. The number of thiazole rings is 1. The van der Waals surface area contributed by atoms with Gasteiger partial charge in [-0.3, -0.25) is 19.0 Å². The van der Waals surface area contributed by atoms with Crippen LogP contribution in [0.4, 0.5) is 11.1 Å². The molecule has 0 aromatic carbocycles. The quantitative estimate of drug-likeness (QED) is 0.124. The number of carbonyl (C=O) groups is 4. The Hall–Kier alpha value is -3.26. The Bertz CT molecular complexity index is 1510. The van der Waals surface area contributed by atoms with Crippen LogP contribution in [0.1, 0.15) is 32.4 Å². The molecule has 1 unspecified atom stereocenters. The second-order valence-corrected chi connectivity index (χ2v) is 14.5. The number of aromatic nitrogens is 3. The summed E-state index contributed by atoms with van der Waals surface area (Å²) < 4.78 is 5.74. The van der Waals surface area contributed by atoms with Crippen LogP contribution in [0.3, 0.4) is 0 Å². The normalized spacial score (nSPS) is 22.0. The summed E-state index contributed by atoms with van der Waals surface area (Å²) in [7, 11) is 2.08. The molecule has 5 rings (SSSR count). The van der Waals surface area contributed by atoms with Gasteiger partial charge in [0, 0.05) is 28.9 Å². The molecule has 2 saturated heterocycles. The first-order valence-corrected chi connectivity index (χ1v) is 16.1. The van der Waals surface area contributed by atoms with Crippen molar-refractivity contribution in [3.05, 3.63) is 21.7 Å². The van der Waals surface area contributed by atoms with Crippen molar-refractivity contribution in [3.8, 4) is 0 Å². The number of nitrogen functional groups attached to an aromatic ring is 1. The molecule has 5 heterocycles. The first-order chi connectivity index (χ1) is 19.8. The Morgan fingerprint density at radius 1 is 1.26 bits per heavy atom. The largest absolute Gasteiger partial charge is 0.478 e. The summed E-state index contributed by atoms with van der Waals surface area (Å²) in [5, 5.41) is 26.6. The maximum Gasteiger partial charge on any atom is 0.353 e. The van der Waals surface area contributed by atoms with E-state index in [9.17, 15) is 29.4 Å². The minimum absolute atomic E-state index is 0.0300. The Balaban J connectivity index is 1.33. The van der Waals surface area contributed by atoms with Crippen LogP contribution in [0.25, 0.3) is 0 Å². The maximum atomic E-state index is 13.2. The molecule has 2 amide bonds. The minimum Gasteiger partial charge on any atom is -0.478 e. The van der Waals surface area contributed by atoms with Crippen molar-refractivity contribution in [2.24, 2.45) is 5.16 Å². The topological polar surface area (TPSA) is 210 Å². The van der Waals surface area contributed by atoms with Gasteiger partial charge in [0.05, 0.1) is 20.1 Å². The number of carboxylic acid groups (broad SMARTS) is 2. The number of aliphatic carboxylic acids is 2. The number of hydrogen-bond donors (Lipinski definition) is 4. The van der Waals surface area contributed by atoms with Gasteiger partial charge in [-0.25, -0.2) is 14.6 Å². The third-order valence-corrected chi connectivity index (χ3v) is 10.9. The molecule has 5 N–H and O–H groups in total. The van der Waals surface area contributed by atoms with Crippen molar-refractivity contribution in [2.75, 3.05) is 31.6 Å². The van der Waals surface area contributed by atoms with Gasteiger partial charge < -0.3 is 26.1 Å². The van der Waals surface area contributed by atoms with Crippen molar-refractivity contribution >= 4 is 86.9 Å². The van der Waals surface area contributed by atoms with E-state index in [0.29, 0.717) is 19.7 Å². The second-order valence-electron chi connectivity index (χ2n) is 10.4. The second kappa shape index (κ2) is 11.4. The number of nitrogens with two attached hydrogens (primary N) is 1. The number of amides is 2. The molecule has 0 saturated carbocycles.